The van der Waals surface area contributed by atoms with Gasteiger partial charge in [-0.1, -0.05) is 45.0 Å². The van der Waals surface area contributed by atoms with Crippen LogP contribution in [0.25, 0.3) is 0 Å². The summed E-state index contributed by atoms with van der Waals surface area (Å²) < 4.78 is 0. The van der Waals surface area contributed by atoms with Crippen molar-refractivity contribution in [2.75, 3.05) is 26.2 Å². The van der Waals surface area contributed by atoms with E-state index in [1.54, 1.807) is 0 Å². The highest BCUT2D eigenvalue weighted by Crippen LogP contribution is 2.11. The van der Waals surface area contributed by atoms with Crippen LogP contribution in [0.15, 0.2) is 24.3 Å². The van der Waals surface area contributed by atoms with Gasteiger partial charge in [0, 0.05) is 6.04 Å². The number of rotatable bonds is 9. The summed E-state index contributed by atoms with van der Waals surface area (Å²) in [6.45, 7) is 13.4. The fourth-order valence-electron chi connectivity index (χ4n) is 2.55. The number of aryl methyl sites for hydroxylation is 1. The average molecular weight is 262 g/mol. The van der Waals surface area contributed by atoms with E-state index in [-0.39, 0.29) is 0 Å². The molecule has 0 radical (unpaired) electrons. The lowest BCUT2D eigenvalue weighted by Crippen LogP contribution is -2.36. The van der Waals surface area contributed by atoms with Gasteiger partial charge in [0.05, 0.1) is 0 Å². The van der Waals surface area contributed by atoms with E-state index < -0.39 is 0 Å². The molecule has 1 aromatic carbocycles. The van der Waals surface area contributed by atoms with Gasteiger partial charge in [-0.15, -0.1) is 0 Å². The van der Waals surface area contributed by atoms with Gasteiger partial charge in [0.2, 0.25) is 0 Å². The van der Waals surface area contributed by atoms with Crippen molar-refractivity contribution in [3.05, 3.63) is 35.4 Å². The van der Waals surface area contributed by atoms with Crippen LogP contribution in [0.3, 0.4) is 0 Å². The largest absolute Gasteiger partial charge is 0.314 e. The van der Waals surface area contributed by atoms with Crippen LogP contribution in [0.1, 0.15) is 38.3 Å². The molecule has 0 saturated heterocycles. The highest BCUT2D eigenvalue weighted by molar-refractivity contribution is 5.26. The van der Waals surface area contributed by atoms with E-state index in [4.69, 9.17) is 0 Å². The second-order valence-corrected chi connectivity index (χ2v) is 5.20. The number of hydrogen-bond donors (Lipinski definition) is 1. The Morgan fingerprint density at radius 2 is 1.79 bits per heavy atom. The molecule has 0 spiro atoms. The molecule has 1 unspecified atom stereocenters. The van der Waals surface area contributed by atoms with Gasteiger partial charge in [-0.05, 0) is 57.1 Å². The minimum absolute atomic E-state index is 0.590. The van der Waals surface area contributed by atoms with Gasteiger partial charge in [-0.25, -0.2) is 0 Å². The SMILES string of the molecule is CCNC(CCN(CC)CC)Cc1ccccc1C. The number of nitrogens with zero attached hydrogens (tertiary/aromatic N) is 1. The van der Waals surface area contributed by atoms with Gasteiger partial charge in [-0.2, -0.15) is 0 Å². The Bertz CT molecular complexity index is 345. The minimum Gasteiger partial charge on any atom is -0.314 e. The fourth-order valence-corrected chi connectivity index (χ4v) is 2.55. The summed E-state index contributed by atoms with van der Waals surface area (Å²) in [5.41, 5.74) is 2.89. The van der Waals surface area contributed by atoms with Gasteiger partial charge in [0.1, 0.15) is 0 Å². The van der Waals surface area contributed by atoms with Crippen LogP contribution in [-0.4, -0.2) is 37.1 Å². The van der Waals surface area contributed by atoms with Gasteiger partial charge in [-0.3, -0.25) is 0 Å². The van der Waals surface area contributed by atoms with E-state index in [2.05, 4.69) is 62.2 Å². The molecule has 19 heavy (non-hydrogen) atoms. The summed E-state index contributed by atoms with van der Waals surface area (Å²) >= 11 is 0. The highest BCUT2D eigenvalue weighted by atomic mass is 15.1. The molecule has 0 aromatic heterocycles. The topological polar surface area (TPSA) is 15.3 Å². The van der Waals surface area contributed by atoms with Crippen LogP contribution < -0.4 is 5.32 Å². The first kappa shape index (κ1) is 16.2. The Morgan fingerprint density at radius 1 is 1.11 bits per heavy atom. The molecule has 0 aliphatic heterocycles. The Kier molecular flexibility index (Phi) is 7.76. The predicted octanol–water partition coefficient (Wildman–Crippen LogP) is 3.25. The van der Waals surface area contributed by atoms with Crippen molar-refractivity contribution in [1.82, 2.24) is 10.2 Å². The molecule has 1 aromatic rings. The van der Waals surface area contributed by atoms with E-state index >= 15 is 0 Å². The normalized spacial score (nSPS) is 12.9. The van der Waals surface area contributed by atoms with Crippen molar-refractivity contribution in [3.8, 4) is 0 Å². The lowest BCUT2D eigenvalue weighted by atomic mass is 9.99. The molecule has 1 rings (SSSR count). The van der Waals surface area contributed by atoms with E-state index in [9.17, 15) is 0 Å². The summed E-state index contributed by atoms with van der Waals surface area (Å²) in [6, 6.07) is 9.33. The summed E-state index contributed by atoms with van der Waals surface area (Å²) in [4.78, 5) is 2.50. The Hall–Kier alpha value is -0.860. The first-order valence-corrected chi connectivity index (χ1v) is 7.71. The van der Waals surface area contributed by atoms with Crippen molar-refractivity contribution in [2.45, 2.75) is 46.6 Å². The Morgan fingerprint density at radius 3 is 2.37 bits per heavy atom. The molecule has 0 fully saturated rings. The summed E-state index contributed by atoms with van der Waals surface area (Å²) in [5, 5.41) is 3.64. The van der Waals surface area contributed by atoms with E-state index in [0.717, 1.165) is 26.1 Å². The third kappa shape index (κ3) is 5.75. The van der Waals surface area contributed by atoms with Crippen molar-refractivity contribution in [3.63, 3.8) is 0 Å². The number of likely N-dealkylation sites (N-methyl/N-ethyl adjacent to an activating group) is 1. The predicted molar refractivity (Wildman–Crippen MR) is 84.8 cm³/mol. The second kappa shape index (κ2) is 9.11. The van der Waals surface area contributed by atoms with Crippen LogP contribution in [0, 0.1) is 6.92 Å². The minimum atomic E-state index is 0.590. The molecule has 1 N–H and O–H groups in total. The Labute approximate surface area is 119 Å². The second-order valence-electron chi connectivity index (χ2n) is 5.20. The zero-order chi connectivity index (χ0) is 14.1. The Balaban J connectivity index is 2.55. The molecule has 108 valence electrons. The first-order chi connectivity index (χ1) is 9.21. The van der Waals surface area contributed by atoms with E-state index in [1.807, 2.05) is 0 Å². The van der Waals surface area contributed by atoms with Crippen LogP contribution in [0.4, 0.5) is 0 Å². The molecule has 0 amide bonds. The van der Waals surface area contributed by atoms with Crippen molar-refractivity contribution in [2.24, 2.45) is 0 Å². The summed E-state index contributed by atoms with van der Waals surface area (Å²) in [6.07, 6.45) is 2.37. The zero-order valence-electron chi connectivity index (χ0n) is 13.1. The molecule has 0 aliphatic carbocycles. The number of nitrogens with one attached hydrogen (secondary N) is 1. The van der Waals surface area contributed by atoms with Gasteiger partial charge in [0.15, 0.2) is 0 Å². The van der Waals surface area contributed by atoms with Gasteiger partial charge < -0.3 is 10.2 Å². The van der Waals surface area contributed by atoms with Crippen molar-refractivity contribution < 1.29 is 0 Å². The van der Waals surface area contributed by atoms with E-state index in [0.29, 0.717) is 6.04 Å². The number of benzene rings is 1. The molecule has 0 heterocycles. The monoisotopic (exact) mass is 262 g/mol. The fraction of sp³-hybridized carbons (Fsp3) is 0.647. The molecule has 0 saturated carbocycles. The molecular weight excluding hydrogens is 232 g/mol. The maximum atomic E-state index is 3.64. The van der Waals surface area contributed by atoms with Gasteiger partial charge in [0.25, 0.3) is 0 Å². The molecule has 2 nitrogen and oxygen atoms in total. The number of hydrogen-bond acceptors (Lipinski definition) is 2. The van der Waals surface area contributed by atoms with Crippen molar-refractivity contribution in [1.29, 1.82) is 0 Å². The molecule has 2 heteroatoms. The van der Waals surface area contributed by atoms with Gasteiger partial charge >= 0.3 is 0 Å². The summed E-state index contributed by atoms with van der Waals surface area (Å²) in [7, 11) is 0. The molecule has 0 bridgehead atoms. The lowest BCUT2D eigenvalue weighted by molar-refractivity contribution is 0.281. The summed E-state index contributed by atoms with van der Waals surface area (Å²) in [5.74, 6) is 0. The standard InChI is InChI=1S/C17H30N2/c1-5-18-17(12-13-19(6-2)7-3)14-16-11-9-8-10-15(16)4/h8-11,17-18H,5-7,12-14H2,1-4H3. The molecule has 1 atom stereocenters. The lowest BCUT2D eigenvalue weighted by Gasteiger charge is -2.24. The average Bonchev–Trinajstić information content (AvgIpc) is 2.42. The van der Waals surface area contributed by atoms with Crippen molar-refractivity contribution >= 4 is 0 Å². The maximum absolute atomic E-state index is 3.64. The smallest absolute Gasteiger partial charge is 0.0120 e. The molecular formula is C17H30N2. The van der Waals surface area contributed by atoms with E-state index in [1.165, 1.54) is 24.1 Å². The third-order valence-electron chi connectivity index (χ3n) is 3.91. The molecule has 0 aliphatic rings. The van der Waals surface area contributed by atoms with Crippen LogP contribution in [0.5, 0.6) is 0 Å². The first-order valence-electron chi connectivity index (χ1n) is 7.71. The van der Waals surface area contributed by atoms with Crippen LogP contribution in [-0.2, 0) is 6.42 Å². The third-order valence-corrected chi connectivity index (χ3v) is 3.91. The maximum Gasteiger partial charge on any atom is 0.0120 e. The van der Waals surface area contributed by atoms with Crippen LogP contribution in [0.2, 0.25) is 0 Å². The van der Waals surface area contributed by atoms with Crippen LogP contribution >= 0.6 is 0 Å². The zero-order valence-corrected chi connectivity index (χ0v) is 13.1. The quantitative estimate of drug-likeness (QED) is 0.735. The highest BCUT2D eigenvalue weighted by Gasteiger charge is 2.11.